The van der Waals surface area contributed by atoms with Gasteiger partial charge in [-0.25, -0.2) is 4.39 Å². The van der Waals surface area contributed by atoms with Crippen molar-refractivity contribution in [2.45, 2.75) is 0 Å². The van der Waals surface area contributed by atoms with Crippen molar-refractivity contribution in [3.63, 3.8) is 0 Å². The molecule has 0 spiro atoms. The van der Waals surface area contributed by atoms with Gasteiger partial charge in [0.1, 0.15) is 23.2 Å². The van der Waals surface area contributed by atoms with Gasteiger partial charge in [0.2, 0.25) is 5.90 Å². The minimum absolute atomic E-state index is 0.0634. The van der Waals surface area contributed by atoms with Crippen LogP contribution in [0.15, 0.2) is 60.7 Å². The van der Waals surface area contributed by atoms with E-state index in [4.69, 9.17) is 27.2 Å². The number of piperazine rings is 1. The Morgan fingerprint density at radius 2 is 1.72 bits per heavy atom. The number of halogens is 2. The Balaban J connectivity index is 1.82. The van der Waals surface area contributed by atoms with E-state index in [9.17, 15) is 9.50 Å². The number of ether oxygens (including phenoxy) is 1. The molecule has 1 aliphatic heterocycles. The molecule has 0 unspecified atom stereocenters. The number of nitrogens with one attached hydrogen (secondary N) is 3. The third kappa shape index (κ3) is 4.44. The summed E-state index contributed by atoms with van der Waals surface area (Å²) >= 11 is 6.51. The maximum absolute atomic E-state index is 14.6. The lowest BCUT2D eigenvalue weighted by Gasteiger charge is -2.30. The molecule has 4 N–H and O–H groups in total. The van der Waals surface area contributed by atoms with Gasteiger partial charge < -0.3 is 20.1 Å². The van der Waals surface area contributed by atoms with Gasteiger partial charge in [0.15, 0.2) is 0 Å². The molecular formula is C24H22ClFN4O2. The zero-order chi connectivity index (χ0) is 22.7. The fourth-order valence-corrected chi connectivity index (χ4v) is 3.91. The van der Waals surface area contributed by atoms with Crippen LogP contribution in [-0.2, 0) is 0 Å². The van der Waals surface area contributed by atoms with Crippen LogP contribution < -0.4 is 10.1 Å². The predicted octanol–water partition coefficient (Wildman–Crippen LogP) is 4.49. The molecule has 4 rings (SSSR count). The number of para-hydroxylation sites is 1. The standard InChI is InChI=1S/C24H22ClFN4O2/c25-19-14-16(23(27)30-11-9-29-10-12-30)17(24(28)32-15-5-2-1-3-6-15)13-18(19)22-20(26)7-4-8-21(22)31/h1-8,13-14,27-29,31H,9-12H2. The molecule has 32 heavy (non-hydrogen) atoms. The van der Waals surface area contributed by atoms with E-state index in [0.717, 1.165) is 13.1 Å². The summed E-state index contributed by atoms with van der Waals surface area (Å²) in [6.45, 7) is 2.76. The lowest BCUT2D eigenvalue weighted by atomic mass is 9.96. The number of aromatic hydroxyl groups is 1. The first kappa shape index (κ1) is 21.8. The van der Waals surface area contributed by atoms with Crippen LogP contribution in [0.25, 0.3) is 11.1 Å². The summed E-state index contributed by atoms with van der Waals surface area (Å²) in [7, 11) is 0. The van der Waals surface area contributed by atoms with E-state index >= 15 is 0 Å². The van der Waals surface area contributed by atoms with Crippen LogP contribution in [0.2, 0.25) is 5.02 Å². The smallest absolute Gasteiger partial charge is 0.219 e. The molecule has 0 atom stereocenters. The molecule has 0 radical (unpaired) electrons. The molecule has 1 aliphatic rings. The van der Waals surface area contributed by atoms with Crippen molar-refractivity contribution in [2.24, 2.45) is 0 Å². The number of rotatable bonds is 4. The van der Waals surface area contributed by atoms with Gasteiger partial charge in [0.05, 0.1) is 5.56 Å². The van der Waals surface area contributed by atoms with Gasteiger partial charge in [0, 0.05) is 47.9 Å². The SMILES string of the molecule is N=C(Oc1ccccc1)c1cc(-c2c(O)cccc2F)c(Cl)cc1C(=N)N1CCNCC1. The Morgan fingerprint density at radius 1 is 1.00 bits per heavy atom. The van der Waals surface area contributed by atoms with Crippen LogP contribution in [0.3, 0.4) is 0 Å². The minimum Gasteiger partial charge on any atom is -0.507 e. The molecule has 6 nitrogen and oxygen atoms in total. The summed E-state index contributed by atoms with van der Waals surface area (Å²) in [4.78, 5) is 1.89. The average molecular weight is 453 g/mol. The first-order valence-corrected chi connectivity index (χ1v) is 10.5. The van der Waals surface area contributed by atoms with Crippen molar-refractivity contribution in [3.8, 4) is 22.6 Å². The highest BCUT2D eigenvalue weighted by Gasteiger charge is 2.24. The first-order valence-electron chi connectivity index (χ1n) is 10.1. The van der Waals surface area contributed by atoms with E-state index in [2.05, 4.69) is 5.32 Å². The summed E-state index contributed by atoms with van der Waals surface area (Å²) in [5.74, 6) is -0.451. The summed E-state index contributed by atoms with van der Waals surface area (Å²) < 4.78 is 20.3. The van der Waals surface area contributed by atoms with Crippen LogP contribution in [0.4, 0.5) is 4.39 Å². The molecule has 8 heteroatoms. The second kappa shape index (κ2) is 9.38. The fraction of sp³-hybridized carbons (Fsp3) is 0.167. The Kier molecular flexibility index (Phi) is 6.39. The molecule has 1 saturated heterocycles. The average Bonchev–Trinajstić information content (AvgIpc) is 2.80. The van der Waals surface area contributed by atoms with Gasteiger partial charge in [-0.3, -0.25) is 10.8 Å². The minimum atomic E-state index is -0.640. The Hall–Kier alpha value is -3.42. The molecule has 0 amide bonds. The zero-order valence-electron chi connectivity index (χ0n) is 17.2. The Bertz CT molecular complexity index is 1140. The largest absolute Gasteiger partial charge is 0.507 e. The zero-order valence-corrected chi connectivity index (χ0v) is 17.9. The molecule has 164 valence electrons. The number of hydrogen-bond acceptors (Lipinski definition) is 5. The highest BCUT2D eigenvalue weighted by molar-refractivity contribution is 6.34. The number of phenolic OH excluding ortho intramolecular Hbond substituents is 1. The molecule has 1 heterocycles. The predicted molar refractivity (Wildman–Crippen MR) is 124 cm³/mol. The molecule has 3 aromatic carbocycles. The van der Waals surface area contributed by atoms with E-state index in [1.807, 2.05) is 11.0 Å². The number of amidine groups is 1. The lowest BCUT2D eigenvalue weighted by Crippen LogP contribution is -2.46. The van der Waals surface area contributed by atoms with Crippen molar-refractivity contribution in [1.29, 1.82) is 10.8 Å². The molecule has 0 bridgehead atoms. The summed E-state index contributed by atoms with van der Waals surface area (Å²) in [5.41, 5.74) is 0.832. The van der Waals surface area contributed by atoms with E-state index < -0.39 is 5.82 Å². The van der Waals surface area contributed by atoms with Crippen LogP contribution in [-0.4, -0.2) is 47.9 Å². The topological polar surface area (TPSA) is 92.4 Å². The normalized spacial score (nSPS) is 13.6. The van der Waals surface area contributed by atoms with E-state index in [1.165, 1.54) is 30.3 Å². The molecule has 0 aromatic heterocycles. The first-order chi connectivity index (χ1) is 15.5. The van der Waals surface area contributed by atoms with Crippen molar-refractivity contribution < 1.29 is 14.2 Å². The van der Waals surface area contributed by atoms with Gasteiger partial charge in [-0.15, -0.1) is 0 Å². The number of benzene rings is 3. The van der Waals surface area contributed by atoms with E-state index in [-0.39, 0.29) is 39.2 Å². The second-order valence-corrected chi connectivity index (χ2v) is 7.75. The highest BCUT2D eigenvalue weighted by atomic mass is 35.5. The van der Waals surface area contributed by atoms with Crippen molar-refractivity contribution in [2.75, 3.05) is 26.2 Å². The monoisotopic (exact) mass is 452 g/mol. The van der Waals surface area contributed by atoms with Crippen molar-refractivity contribution in [3.05, 3.63) is 82.6 Å². The maximum Gasteiger partial charge on any atom is 0.219 e. The van der Waals surface area contributed by atoms with Crippen LogP contribution in [0.1, 0.15) is 11.1 Å². The van der Waals surface area contributed by atoms with Gasteiger partial charge in [-0.2, -0.15) is 0 Å². The third-order valence-electron chi connectivity index (χ3n) is 5.26. The van der Waals surface area contributed by atoms with Crippen LogP contribution >= 0.6 is 11.6 Å². The Labute approximate surface area is 190 Å². The Morgan fingerprint density at radius 3 is 2.41 bits per heavy atom. The van der Waals surface area contributed by atoms with Crippen molar-refractivity contribution >= 4 is 23.3 Å². The highest BCUT2D eigenvalue weighted by Crippen LogP contribution is 2.38. The van der Waals surface area contributed by atoms with Crippen LogP contribution in [0.5, 0.6) is 11.5 Å². The van der Waals surface area contributed by atoms with Gasteiger partial charge in [0.25, 0.3) is 0 Å². The number of phenols is 1. The lowest BCUT2D eigenvalue weighted by molar-refractivity contribution is 0.356. The molecular weight excluding hydrogens is 431 g/mol. The third-order valence-corrected chi connectivity index (χ3v) is 5.58. The van der Waals surface area contributed by atoms with Gasteiger partial charge in [-0.05, 0) is 36.4 Å². The van der Waals surface area contributed by atoms with E-state index in [1.54, 1.807) is 24.3 Å². The van der Waals surface area contributed by atoms with Gasteiger partial charge in [-0.1, -0.05) is 35.9 Å². The molecule has 0 saturated carbocycles. The summed E-state index contributed by atoms with van der Waals surface area (Å²) in [5, 5.41) is 31.0. The molecule has 1 fully saturated rings. The summed E-state index contributed by atoms with van der Waals surface area (Å²) in [6, 6.07) is 15.9. The number of nitrogens with zero attached hydrogens (tertiary/aromatic N) is 1. The maximum atomic E-state index is 14.6. The number of hydrogen-bond donors (Lipinski definition) is 4. The molecule has 3 aromatic rings. The van der Waals surface area contributed by atoms with Crippen molar-refractivity contribution in [1.82, 2.24) is 10.2 Å². The molecule has 0 aliphatic carbocycles. The summed E-state index contributed by atoms with van der Waals surface area (Å²) in [6.07, 6.45) is 0. The van der Waals surface area contributed by atoms with E-state index in [0.29, 0.717) is 24.4 Å². The van der Waals surface area contributed by atoms with Crippen LogP contribution in [0, 0.1) is 16.6 Å². The fourth-order valence-electron chi connectivity index (χ4n) is 3.65. The second-order valence-electron chi connectivity index (χ2n) is 7.34. The quantitative estimate of drug-likeness (QED) is 0.347. The van der Waals surface area contributed by atoms with Gasteiger partial charge >= 0.3 is 0 Å².